The summed E-state index contributed by atoms with van der Waals surface area (Å²) in [7, 11) is 1.33. The largest absolute Gasteiger partial charge is 0.467 e. The summed E-state index contributed by atoms with van der Waals surface area (Å²) in [5.41, 5.74) is 4.80. The van der Waals surface area contributed by atoms with Crippen molar-refractivity contribution in [2.24, 2.45) is 0 Å². The van der Waals surface area contributed by atoms with E-state index >= 15 is 0 Å². The van der Waals surface area contributed by atoms with Crippen molar-refractivity contribution in [3.63, 3.8) is 0 Å². The van der Waals surface area contributed by atoms with Gasteiger partial charge in [-0.15, -0.1) is 0 Å². The van der Waals surface area contributed by atoms with Crippen molar-refractivity contribution in [1.82, 2.24) is 4.90 Å². The first-order chi connectivity index (χ1) is 17.7. The van der Waals surface area contributed by atoms with Crippen molar-refractivity contribution in [1.29, 1.82) is 0 Å². The average molecular weight is 499 g/mol. The number of carbonyl (C=O) groups is 3. The number of hydrogen-bond donors (Lipinski definition) is 1. The van der Waals surface area contributed by atoms with Crippen LogP contribution in [0.15, 0.2) is 66.7 Å². The normalized spacial score (nSPS) is 12.9. The Morgan fingerprint density at radius 1 is 0.946 bits per heavy atom. The van der Waals surface area contributed by atoms with Gasteiger partial charge in [0.05, 0.1) is 7.11 Å². The second kappa shape index (κ2) is 11.0. The zero-order valence-electron chi connectivity index (χ0n) is 22.0. The molecule has 6 heteroatoms. The Morgan fingerprint density at radius 2 is 1.62 bits per heavy atom. The zero-order chi connectivity index (χ0) is 26.6. The number of hydrogen-bond acceptors (Lipinski definition) is 4. The molecule has 0 fully saturated rings. The summed E-state index contributed by atoms with van der Waals surface area (Å²) in [4.78, 5) is 39.6. The number of fused-ring (bicyclic) bond motifs is 1. The lowest BCUT2D eigenvalue weighted by Crippen LogP contribution is -2.50. The van der Waals surface area contributed by atoms with E-state index in [0.29, 0.717) is 23.4 Å². The number of nitrogens with zero attached hydrogens (tertiary/aromatic N) is 1. The van der Waals surface area contributed by atoms with Gasteiger partial charge in [-0.1, -0.05) is 56.2 Å². The van der Waals surface area contributed by atoms with Gasteiger partial charge >= 0.3 is 5.97 Å². The van der Waals surface area contributed by atoms with Crippen molar-refractivity contribution in [2.45, 2.75) is 58.5 Å². The van der Waals surface area contributed by atoms with E-state index in [0.717, 1.165) is 29.5 Å². The number of anilines is 1. The molecule has 0 unspecified atom stereocenters. The van der Waals surface area contributed by atoms with E-state index in [-0.39, 0.29) is 11.8 Å². The minimum atomic E-state index is -1.06. The first-order valence-electron chi connectivity index (χ1n) is 12.8. The second-order valence-corrected chi connectivity index (χ2v) is 10.00. The number of carbonyl (C=O) groups excluding carboxylic acids is 3. The highest BCUT2D eigenvalue weighted by Crippen LogP contribution is 2.33. The van der Waals surface area contributed by atoms with Gasteiger partial charge in [0.2, 0.25) is 0 Å². The molecule has 1 aliphatic rings. The molecule has 0 saturated carbocycles. The van der Waals surface area contributed by atoms with Crippen molar-refractivity contribution in [2.75, 3.05) is 12.4 Å². The van der Waals surface area contributed by atoms with E-state index < -0.39 is 11.5 Å². The molecular weight excluding hydrogens is 464 g/mol. The molecule has 37 heavy (non-hydrogen) atoms. The maximum atomic E-state index is 13.1. The lowest BCUT2D eigenvalue weighted by Gasteiger charge is -2.32. The van der Waals surface area contributed by atoms with Gasteiger partial charge in [-0.25, -0.2) is 4.79 Å². The summed E-state index contributed by atoms with van der Waals surface area (Å²) in [5, 5.41) is 2.95. The molecule has 0 aliphatic carbocycles. The van der Waals surface area contributed by atoms with Crippen LogP contribution < -0.4 is 5.32 Å². The van der Waals surface area contributed by atoms with E-state index in [1.54, 1.807) is 18.7 Å². The Balaban J connectivity index is 1.43. The van der Waals surface area contributed by atoms with E-state index in [1.165, 1.54) is 25.5 Å². The van der Waals surface area contributed by atoms with Crippen molar-refractivity contribution < 1.29 is 19.1 Å². The third-order valence-corrected chi connectivity index (χ3v) is 7.03. The van der Waals surface area contributed by atoms with Gasteiger partial charge in [-0.2, -0.15) is 0 Å². The minimum absolute atomic E-state index is 0.149. The molecule has 0 aromatic heterocycles. The van der Waals surface area contributed by atoms with Gasteiger partial charge in [0, 0.05) is 23.4 Å². The highest BCUT2D eigenvalue weighted by atomic mass is 16.5. The molecule has 0 radical (unpaired) electrons. The van der Waals surface area contributed by atoms with Crippen molar-refractivity contribution in [3.8, 4) is 11.1 Å². The van der Waals surface area contributed by atoms with Crippen LogP contribution in [0.2, 0.25) is 0 Å². The Hall–Kier alpha value is -3.93. The number of ether oxygens (including phenoxy) is 1. The van der Waals surface area contributed by atoms with Gasteiger partial charge in [0.25, 0.3) is 11.8 Å². The highest BCUT2D eigenvalue weighted by molar-refractivity contribution is 6.04. The fourth-order valence-electron chi connectivity index (χ4n) is 4.64. The molecule has 3 aromatic rings. The van der Waals surface area contributed by atoms with E-state index in [4.69, 9.17) is 4.74 Å². The molecule has 192 valence electrons. The Labute approximate surface area is 218 Å². The number of esters is 1. The topological polar surface area (TPSA) is 75.7 Å². The molecule has 6 nitrogen and oxygen atoms in total. The van der Waals surface area contributed by atoms with Gasteiger partial charge in [-0.3, -0.25) is 9.59 Å². The molecule has 4 rings (SSSR count). The third-order valence-electron chi connectivity index (χ3n) is 7.03. The van der Waals surface area contributed by atoms with Gasteiger partial charge in [-0.05, 0) is 79.3 Å². The summed E-state index contributed by atoms with van der Waals surface area (Å²) in [5.74, 6) is -0.786. The lowest BCUT2D eigenvalue weighted by molar-refractivity contribution is -0.151. The Bertz CT molecular complexity index is 1290. The van der Waals surface area contributed by atoms with Gasteiger partial charge < -0.3 is 15.0 Å². The number of nitrogens with one attached hydrogen (secondary N) is 1. The molecule has 0 bridgehead atoms. The minimum Gasteiger partial charge on any atom is -0.467 e. The van der Waals surface area contributed by atoms with Crippen LogP contribution in [-0.4, -0.2) is 35.3 Å². The SMILES string of the molecule is CCCCCc1ccc(C(=O)Nc2ccc(-c3ccc4c(c3)C(=O)N(C(C)(C)C(=O)OC)C4)cc2)cc1. The first-order valence-corrected chi connectivity index (χ1v) is 12.8. The molecule has 3 aromatic carbocycles. The van der Waals surface area contributed by atoms with Gasteiger partial charge in [0.15, 0.2) is 0 Å². The van der Waals surface area contributed by atoms with E-state index in [2.05, 4.69) is 12.2 Å². The number of rotatable bonds is 9. The Kier molecular flexibility index (Phi) is 7.77. The molecule has 0 spiro atoms. The van der Waals surface area contributed by atoms with Crippen LogP contribution in [0.5, 0.6) is 0 Å². The first kappa shape index (κ1) is 26.1. The standard InChI is InChI=1S/C31H34N2O4/c1-5-6-7-8-21-9-11-23(12-10-21)28(34)32-26-17-15-22(16-18-26)24-13-14-25-20-33(29(35)27(25)19-24)31(2,3)30(36)37-4/h9-19H,5-8,20H2,1-4H3,(H,32,34). The average Bonchev–Trinajstić information content (AvgIpc) is 3.25. The van der Waals surface area contributed by atoms with Crippen LogP contribution in [0, 0.1) is 0 Å². The summed E-state index contributed by atoms with van der Waals surface area (Å²) < 4.78 is 4.89. The second-order valence-electron chi connectivity index (χ2n) is 10.00. The molecule has 1 N–H and O–H groups in total. The number of benzene rings is 3. The van der Waals surface area contributed by atoms with Crippen LogP contribution in [0.3, 0.4) is 0 Å². The van der Waals surface area contributed by atoms with Crippen LogP contribution in [-0.2, 0) is 22.5 Å². The molecule has 2 amide bonds. The zero-order valence-corrected chi connectivity index (χ0v) is 22.0. The van der Waals surface area contributed by atoms with Crippen molar-refractivity contribution in [3.05, 3.63) is 89.0 Å². The predicted molar refractivity (Wildman–Crippen MR) is 145 cm³/mol. The quantitative estimate of drug-likeness (QED) is 0.280. The smallest absolute Gasteiger partial charge is 0.331 e. The number of unbranched alkanes of at least 4 members (excludes halogenated alkanes) is 2. The molecule has 0 saturated heterocycles. The summed E-state index contributed by atoms with van der Waals surface area (Å²) >= 11 is 0. The third kappa shape index (κ3) is 5.58. The van der Waals surface area contributed by atoms with E-state index in [9.17, 15) is 14.4 Å². The summed E-state index contributed by atoms with van der Waals surface area (Å²) in [6, 6.07) is 21.1. The van der Waals surface area contributed by atoms with Gasteiger partial charge in [0.1, 0.15) is 5.54 Å². The number of amides is 2. The Morgan fingerprint density at radius 3 is 2.27 bits per heavy atom. The number of methoxy groups -OCH3 is 1. The van der Waals surface area contributed by atoms with Crippen LogP contribution in [0.4, 0.5) is 5.69 Å². The molecule has 1 aliphatic heterocycles. The highest BCUT2D eigenvalue weighted by Gasteiger charge is 2.43. The van der Waals surface area contributed by atoms with Crippen LogP contribution in [0.1, 0.15) is 71.9 Å². The van der Waals surface area contributed by atoms with E-state index in [1.807, 2.05) is 66.7 Å². The molecule has 1 heterocycles. The van der Waals surface area contributed by atoms with Crippen molar-refractivity contribution >= 4 is 23.5 Å². The fourth-order valence-corrected chi connectivity index (χ4v) is 4.64. The monoisotopic (exact) mass is 498 g/mol. The molecule has 0 atom stereocenters. The maximum absolute atomic E-state index is 13.1. The van der Waals surface area contributed by atoms with Crippen LogP contribution in [0.25, 0.3) is 11.1 Å². The summed E-state index contributed by atoms with van der Waals surface area (Å²) in [6.45, 7) is 5.94. The summed E-state index contributed by atoms with van der Waals surface area (Å²) in [6.07, 6.45) is 4.60. The maximum Gasteiger partial charge on any atom is 0.331 e. The molecular formula is C31H34N2O4. The fraction of sp³-hybridized carbons (Fsp3) is 0.323. The predicted octanol–water partition coefficient (Wildman–Crippen LogP) is 6.25. The van der Waals surface area contributed by atoms with Crippen LogP contribution >= 0.6 is 0 Å². The lowest BCUT2D eigenvalue weighted by atomic mass is 10.00. The number of aryl methyl sites for hydroxylation is 1.